The Bertz CT molecular complexity index is 6330. The van der Waals surface area contributed by atoms with E-state index >= 15 is 0 Å². The number of rotatable bonds is 34. The Kier molecular flexibility index (Phi) is 28.7. The van der Waals surface area contributed by atoms with Crippen molar-refractivity contribution < 1.29 is 28.6 Å². The van der Waals surface area contributed by atoms with Crippen LogP contribution in [0, 0.1) is 0 Å². The van der Waals surface area contributed by atoms with Crippen LogP contribution >= 0.6 is 0 Å². The quantitative estimate of drug-likeness (QED) is 0.0178. The highest BCUT2D eigenvalue weighted by Crippen LogP contribution is 2.33. The summed E-state index contributed by atoms with van der Waals surface area (Å²) in [6, 6.07) is 78.5. The van der Waals surface area contributed by atoms with Gasteiger partial charge >= 0.3 is 0 Å². The first-order chi connectivity index (χ1) is 63.0. The fourth-order valence-electron chi connectivity index (χ4n) is 17.2. The summed E-state index contributed by atoms with van der Waals surface area (Å²) in [6.07, 6.45) is 14.5. The Morgan fingerprint density at radius 2 is 0.891 bits per heavy atom. The topological polar surface area (TPSA) is 358 Å². The largest absolute Gasteiger partial charge is 0.497 e. The van der Waals surface area contributed by atoms with Crippen LogP contribution in [0.2, 0.25) is 0 Å². The number of nitrogens with one attached hydrogen (secondary N) is 10. The van der Waals surface area contributed by atoms with Crippen molar-refractivity contribution in [2.75, 3.05) is 54.1 Å². The average molecular weight is 1730 g/mol. The zero-order valence-electron chi connectivity index (χ0n) is 73.8. The molecule has 7 aromatic heterocycles. The number of aryl methyl sites for hydroxylation is 6. The Balaban J connectivity index is 0.000000142. The van der Waals surface area contributed by atoms with Gasteiger partial charge in [-0.2, -0.15) is 0 Å². The summed E-state index contributed by atoms with van der Waals surface area (Å²) >= 11 is 0. The van der Waals surface area contributed by atoms with E-state index in [0.29, 0.717) is 89.4 Å². The first kappa shape index (κ1) is 88.6. The predicted octanol–water partition coefficient (Wildman–Crippen LogP) is 13.3. The summed E-state index contributed by atoms with van der Waals surface area (Å²) in [5.41, 5.74) is 25.5. The van der Waals surface area contributed by atoms with E-state index in [4.69, 9.17) is 51.2 Å². The number of aromatic amines is 4. The molecule has 0 unspecified atom stereocenters. The Morgan fingerprint density at radius 3 is 1.39 bits per heavy atom. The van der Waals surface area contributed by atoms with Crippen LogP contribution in [0.25, 0.3) is 43.6 Å². The number of piperidine rings is 1. The van der Waals surface area contributed by atoms with Crippen LogP contribution in [0.1, 0.15) is 136 Å². The fourth-order valence-corrected chi connectivity index (χ4v) is 17.2. The number of para-hydroxylation sites is 4. The molecule has 16 aromatic rings. The first-order valence-electron chi connectivity index (χ1n) is 44.6. The van der Waals surface area contributed by atoms with Crippen molar-refractivity contribution in [2.45, 2.75) is 146 Å². The molecule has 0 saturated carbocycles. The van der Waals surface area contributed by atoms with Crippen LogP contribution in [0.15, 0.2) is 255 Å². The number of hydrogen-bond acceptors (Lipinski definition) is 17. The monoisotopic (exact) mass is 1730 g/mol. The van der Waals surface area contributed by atoms with Crippen molar-refractivity contribution in [3.05, 3.63) is 340 Å². The maximum absolute atomic E-state index is 13.9. The third-order valence-corrected chi connectivity index (χ3v) is 24.5. The van der Waals surface area contributed by atoms with Gasteiger partial charge in [0.2, 0.25) is 17.7 Å². The molecule has 9 heterocycles. The number of H-pyrrole nitrogens is 4. The third-order valence-electron chi connectivity index (χ3n) is 24.5. The number of methoxy groups -OCH3 is 3. The average Bonchev–Trinajstić information content (AvgIpc) is 1.65. The van der Waals surface area contributed by atoms with Crippen LogP contribution in [-0.4, -0.2) is 153 Å². The molecular formula is C102H115N21O6. The van der Waals surface area contributed by atoms with E-state index in [1.54, 1.807) is 35.2 Å². The number of nitrogens with two attached hydrogens (primary N) is 2. The minimum Gasteiger partial charge on any atom is -0.497 e. The Hall–Kier alpha value is -13.8. The lowest BCUT2D eigenvalue weighted by Gasteiger charge is -2.34. The lowest BCUT2D eigenvalue weighted by molar-refractivity contribution is -0.128. The van der Waals surface area contributed by atoms with Crippen LogP contribution < -0.4 is 57.6 Å². The molecule has 2 aliphatic rings. The van der Waals surface area contributed by atoms with Crippen LogP contribution in [0.4, 0.5) is 0 Å². The molecule has 0 spiro atoms. The van der Waals surface area contributed by atoms with E-state index < -0.39 is 23.2 Å². The molecule has 2 fully saturated rings. The highest BCUT2D eigenvalue weighted by atomic mass is 16.5. The zero-order valence-corrected chi connectivity index (χ0v) is 73.8. The standard InChI is InChI=1S/C36H40N8O2.C33H37N7O2.C33H38N6O2/c1-46-28-13-10-24(11-14-28)23-44-33(15-12-27-20-25-6-2-4-8-30(25)40-27)42-43-34(44)32(41-35(45)36(37)16-18-38-19-17-36)21-26-22-39-31-9-5-3-7-29(26)31;1-42-26-14-11-24(12-15-26)22-40-31(16-13-23-7-3-2-4-8-23)38-39-32(40)29(37-33(41)30-21-34-17-18-35-30)19-25-20-36-28-10-6-5-9-27(25)28;1-33(2,34)32(40)36-29(20-25-21-35-28-17-8-7-16-27(25)28)31-38-37-30(18-10-13-23-11-5-4-6-12-23)39(31)22-24-14-9-15-26(19-24)41-3/h2-11,13-14,20,22,32,38-40H,12,15-19,21,23,37H2,1H3,(H,41,45);2-12,14-15,20,29-30,34-36H,13,16-19,21-22H2,1H3,(H,37,41);4-9,11-12,14-17,19,21,29,35H,10,13,18,20,22,34H2,1-3H3,(H,36,40)/t32-;29-,30-;29-/m111/s1. The van der Waals surface area contributed by atoms with Gasteiger partial charge in [0.15, 0.2) is 17.5 Å². The molecule has 129 heavy (non-hydrogen) atoms. The molecule has 2 aliphatic heterocycles. The molecule has 4 atom stereocenters. The maximum Gasteiger partial charge on any atom is 0.240 e. The van der Waals surface area contributed by atoms with Gasteiger partial charge in [0.1, 0.15) is 34.7 Å². The second-order valence-electron chi connectivity index (χ2n) is 34.1. The SMILES string of the molecule is COc1ccc(Cn2c(CCc3cc4ccccc4[nH]3)nnc2[C@@H](Cc2c[nH]c3ccccc23)NC(=O)C2(N)CCNCC2)cc1.COc1ccc(Cn2c(CCc3ccccc3)nnc2[C@@H](Cc2c[nH]c3ccccc23)NC(=O)[C@H]2CNCCN2)cc1.COc1cccc(Cn2c(CCCc3ccccc3)nnc2[C@@H](Cc2c[nH]c3ccccc23)NC(=O)C(C)(C)N)c1. The molecular weight excluding hydrogens is 1620 g/mol. The number of ether oxygens (including phenoxy) is 3. The molecule has 2 saturated heterocycles. The van der Waals surface area contributed by atoms with E-state index in [1.807, 2.05) is 122 Å². The Morgan fingerprint density at radius 1 is 0.442 bits per heavy atom. The van der Waals surface area contributed by atoms with Crippen molar-refractivity contribution >= 4 is 61.3 Å². The van der Waals surface area contributed by atoms with Gasteiger partial charge < -0.3 is 91.2 Å². The zero-order chi connectivity index (χ0) is 89.1. The molecule has 9 aromatic carbocycles. The molecule has 0 bridgehead atoms. The van der Waals surface area contributed by atoms with Crippen molar-refractivity contribution in [1.29, 1.82) is 0 Å². The van der Waals surface area contributed by atoms with Gasteiger partial charge in [0.25, 0.3) is 0 Å². The van der Waals surface area contributed by atoms with E-state index in [2.05, 4.69) is 204 Å². The molecule has 0 aliphatic carbocycles. The molecule has 3 amide bonds. The van der Waals surface area contributed by atoms with Gasteiger partial charge in [-0.1, -0.05) is 170 Å². The summed E-state index contributed by atoms with van der Waals surface area (Å²) in [7, 11) is 5.00. The summed E-state index contributed by atoms with van der Waals surface area (Å²) in [4.78, 5) is 54.3. The molecule has 664 valence electrons. The van der Waals surface area contributed by atoms with E-state index in [1.165, 1.54) is 16.5 Å². The number of aromatic nitrogens is 13. The van der Waals surface area contributed by atoms with Gasteiger partial charge in [-0.05, 0) is 182 Å². The number of nitrogens with zero attached hydrogens (tertiary/aromatic N) is 9. The smallest absolute Gasteiger partial charge is 0.240 e. The van der Waals surface area contributed by atoms with Gasteiger partial charge in [-0.25, -0.2) is 0 Å². The number of benzene rings is 9. The van der Waals surface area contributed by atoms with Gasteiger partial charge in [0.05, 0.1) is 76.2 Å². The van der Waals surface area contributed by atoms with Gasteiger partial charge in [0, 0.05) is 121 Å². The van der Waals surface area contributed by atoms with Crippen molar-refractivity contribution in [1.82, 2.24) is 96.1 Å². The molecule has 18 rings (SSSR count). The number of carbonyl (C=O) groups is 3. The van der Waals surface area contributed by atoms with Crippen molar-refractivity contribution in [3.63, 3.8) is 0 Å². The number of amides is 3. The molecule has 27 heteroatoms. The minimum atomic E-state index is -1.05. The van der Waals surface area contributed by atoms with Crippen molar-refractivity contribution in [2.24, 2.45) is 11.5 Å². The number of fused-ring (bicyclic) bond motifs is 4. The number of piperazine rings is 1. The first-order valence-corrected chi connectivity index (χ1v) is 44.6. The molecule has 0 radical (unpaired) electrons. The maximum atomic E-state index is 13.9. The van der Waals surface area contributed by atoms with Gasteiger partial charge in [-0.15, -0.1) is 30.6 Å². The normalized spacial score (nSPS) is 14.6. The van der Waals surface area contributed by atoms with E-state index in [9.17, 15) is 14.4 Å². The second-order valence-corrected chi connectivity index (χ2v) is 34.1. The van der Waals surface area contributed by atoms with Crippen LogP contribution in [0.3, 0.4) is 0 Å². The van der Waals surface area contributed by atoms with Crippen LogP contribution in [-0.2, 0) is 91.8 Å². The lowest BCUT2D eigenvalue weighted by Crippen LogP contribution is -2.59. The summed E-state index contributed by atoms with van der Waals surface area (Å²) < 4.78 is 22.7. The lowest BCUT2D eigenvalue weighted by atomic mass is 9.88. The van der Waals surface area contributed by atoms with Crippen LogP contribution in [0.5, 0.6) is 17.2 Å². The third kappa shape index (κ3) is 22.2. The molecule has 14 N–H and O–H groups in total. The highest BCUT2D eigenvalue weighted by Gasteiger charge is 2.39. The predicted molar refractivity (Wildman–Crippen MR) is 505 cm³/mol. The number of carbonyl (C=O) groups excluding carboxylic acids is 3. The van der Waals surface area contributed by atoms with E-state index in [-0.39, 0.29) is 29.8 Å². The Labute approximate surface area is 750 Å². The van der Waals surface area contributed by atoms with Gasteiger partial charge in [-0.3, -0.25) is 14.4 Å². The molecule has 27 nitrogen and oxygen atoms in total. The second kappa shape index (κ2) is 41.7. The summed E-state index contributed by atoms with van der Waals surface area (Å²) in [5, 5.41) is 52.7. The summed E-state index contributed by atoms with van der Waals surface area (Å²) in [6.45, 7) is 8.71. The van der Waals surface area contributed by atoms with E-state index in [0.717, 1.165) is 169 Å². The number of hydrogen-bond donors (Lipinski definition) is 12. The fraction of sp³-hybridized carbons (Fsp3) is 0.304. The highest BCUT2D eigenvalue weighted by molar-refractivity contribution is 5.89. The van der Waals surface area contributed by atoms with Crippen molar-refractivity contribution in [3.8, 4) is 17.2 Å². The summed E-state index contributed by atoms with van der Waals surface area (Å²) in [5.74, 6) is 6.72. The minimum absolute atomic E-state index is 0.0446.